The van der Waals surface area contributed by atoms with Crippen molar-refractivity contribution in [1.82, 2.24) is 30.2 Å². The SMILES string of the molecule is O=C(N[C@@H]1CCCC[C@H]1C(=O)O)c1ccc(-c2nc3cnc(NCc4ccc(F)c(F)c4)nc3n2C[C@@H]2CCCNC2)c(I)c1. The van der Waals surface area contributed by atoms with Crippen LogP contribution in [-0.4, -0.2) is 55.6 Å². The minimum Gasteiger partial charge on any atom is -0.481 e. The molecular formula is C32H34F2IN7O3. The molecule has 1 aliphatic heterocycles. The van der Waals surface area contributed by atoms with Crippen LogP contribution in [0.4, 0.5) is 14.7 Å². The lowest BCUT2D eigenvalue weighted by Crippen LogP contribution is -2.45. The van der Waals surface area contributed by atoms with Crippen molar-refractivity contribution >= 4 is 51.6 Å². The number of amides is 1. The topological polar surface area (TPSA) is 134 Å². The molecule has 1 saturated carbocycles. The maximum Gasteiger partial charge on any atom is 0.308 e. The van der Waals surface area contributed by atoms with Crippen molar-refractivity contribution in [2.75, 3.05) is 18.4 Å². The lowest BCUT2D eigenvalue weighted by Gasteiger charge is -2.29. The van der Waals surface area contributed by atoms with E-state index in [4.69, 9.17) is 9.97 Å². The average Bonchev–Trinajstić information content (AvgIpc) is 3.39. The van der Waals surface area contributed by atoms with Gasteiger partial charge in [0, 0.05) is 33.8 Å². The third kappa shape index (κ3) is 7.08. The first kappa shape index (κ1) is 31.3. The lowest BCUT2D eigenvalue weighted by molar-refractivity contribution is -0.143. The summed E-state index contributed by atoms with van der Waals surface area (Å²) in [6.07, 6.45) is 6.74. The maximum absolute atomic E-state index is 13.7. The molecule has 2 aromatic heterocycles. The number of benzene rings is 2. The van der Waals surface area contributed by atoms with E-state index >= 15 is 0 Å². The quantitative estimate of drug-likeness (QED) is 0.169. The number of piperidine rings is 1. The summed E-state index contributed by atoms with van der Waals surface area (Å²) in [5, 5.41) is 19.2. The predicted octanol–water partition coefficient (Wildman–Crippen LogP) is 5.36. The molecule has 0 bridgehead atoms. The fraction of sp³-hybridized carbons (Fsp3) is 0.406. The Morgan fingerprint density at radius 1 is 1.04 bits per heavy atom. The van der Waals surface area contributed by atoms with Crippen LogP contribution in [0, 0.1) is 27.0 Å². The standard InChI is InChI=1S/C32H34F2IN7O3/c33-23-10-7-18(12-24(23)34)15-37-32-38-16-27-29(41-32)42(17-19-4-3-11-36-14-19)28(39-27)21-9-8-20(13-25(21)35)30(43)40-26-6-2-1-5-22(26)31(44)45/h7-10,12-13,16,19,22,26,36H,1-6,11,14-15,17H2,(H,40,43)(H,44,45)(H,37,38,41)/t19-,22-,26-/m1/s1. The summed E-state index contributed by atoms with van der Waals surface area (Å²) in [7, 11) is 0. The molecule has 2 aromatic carbocycles. The van der Waals surface area contributed by atoms with Crippen molar-refractivity contribution < 1.29 is 23.5 Å². The zero-order chi connectivity index (χ0) is 31.5. The van der Waals surface area contributed by atoms with Gasteiger partial charge in [-0.05, 0) is 103 Å². The van der Waals surface area contributed by atoms with Crippen molar-refractivity contribution in [3.8, 4) is 11.4 Å². The van der Waals surface area contributed by atoms with Crippen molar-refractivity contribution in [2.45, 2.75) is 57.7 Å². The molecule has 10 nitrogen and oxygen atoms in total. The molecule has 2 fully saturated rings. The Balaban J connectivity index is 1.29. The van der Waals surface area contributed by atoms with E-state index in [1.165, 1.54) is 6.07 Å². The molecule has 6 rings (SSSR count). The normalized spacial score (nSPS) is 20.2. The molecule has 4 aromatic rings. The van der Waals surface area contributed by atoms with Gasteiger partial charge in [-0.25, -0.2) is 18.7 Å². The Bertz CT molecular complexity index is 1730. The van der Waals surface area contributed by atoms with Gasteiger partial charge in [-0.15, -0.1) is 0 Å². The molecule has 0 unspecified atom stereocenters. The number of hydrogen-bond donors (Lipinski definition) is 4. The average molecular weight is 730 g/mol. The van der Waals surface area contributed by atoms with Crippen molar-refractivity contribution in [2.24, 2.45) is 11.8 Å². The van der Waals surface area contributed by atoms with Crippen LogP contribution in [0.2, 0.25) is 0 Å². The second kappa shape index (κ2) is 13.7. The van der Waals surface area contributed by atoms with Crippen molar-refractivity contribution in [3.05, 3.63) is 68.9 Å². The van der Waals surface area contributed by atoms with Gasteiger partial charge in [-0.3, -0.25) is 9.59 Å². The number of hydrogen-bond acceptors (Lipinski definition) is 7. The predicted molar refractivity (Wildman–Crippen MR) is 174 cm³/mol. The van der Waals surface area contributed by atoms with Gasteiger partial charge in [0.05, 0.1) is 12.1 Å². The van der Waals surface area contributed by atoms with E-state index in [-0.39, 0.29) is 12.5 Å². The van der Waals surface area contributed by atoms with E-state index < -0.39 is 29.6 Å². The minimum absolute atomic E-state index is 0.214. The number of carbonyl (C=O) groups excluding carboxylic acids is 1. The first-order chi connectivity index (χ1) is 21.8. The molecule has 1 aliphatic carbocycles. The monoisotopic (exact) mass is 729 g/mol. The number of aliphatic carboxylic acids is 1. The van der Waals surface area contributed by atoms with E-state index in [0.717, 1.165) is 60.0 Å². The number of rotatable bonds is 9. The third-order valence-corrected chi connectivity index (χ3v) is 9.53. The third-order valence-electron chi connectivity index (χ3n) is 8.63. The summed E-state index contributed by atoms with van der Waals surface area (Å²) in [4.78, 5) is 39.0. The molecule has 3 atom stereocenters. The van der Waals surface area contributed by atoms with Gasteiger partial charge >= 0.3 is 5.97 Å². The number of halogens is 3. The molecule has 4 N–H and O–H groups in total. The van der Waals surface area contributed by atoms with Gasteiger partial charge in [0.1, 0.15) is 11.3 Å². The van der Waals surface area contributed by atoms with E-state index in [0.29, 0.717) is 59.4 Å². The Morgan fingerprint density at radius 3 is 2.64 bits per heavy atom. The second-order valence-corrected chi connectivity index (χ2v) is 12.9. The number of carboxylic acids is 1. The zero-order valence-corrected chi connectivity index (χ0v) is 26.7. The van der Waals surface area contributed by atoms with Gasteiger partial charge < -0.3 is 25.6 Å². The number of imidazole rings is 1. The molecule has 0 spiro atoms. The fourth-order valence-electron chi connectivity index (χ4n) is 6.24. The van der Waals surface area contributed by atoms with Gasteiger partial charge in [0.25, 0.3) is 5.91 Å². The molecule has 1 saturated heterocycles. The van der Waals surface area contributed by atoms with Crippen LogP contribution in [0.1, 0.15) is 54.4 Å². The van der Waals surface area contributed by atoms with Crippen molar-refractivity contribution in [3.63, 3.8) is 0 Å². The highest BCUT2D eigenvalue weighted by Gasteiger charge is 2.32. The largest absolute Gasteiger partial charge is 0.481 e. The summed E-state index contributed by atoms with van der Waals surface area (Å²) in [5.74, 6) is -2.14. The number of aromatic nitrogens is 4. The zero-order valence-electron chi connectivity index (χ0n) is 24.5. The highest BCUT2D eigenvalue weighted by atomic mass is 127. The number of carbonyl (C=O) groups is 2. The van der Waals surface area contributed by atoms with Crippen LogP contribution in [0.25, 0.3) is 22.6 Å². The van der Waals surface area contributed by atoms with E-state index in [1.54, 1.807) is 18.3 Å². The summed E-state index contributed by atoms with van der Waals surface area (Å²) < 4.78 is 30.0. The summed E-state index contributed by atoms with van der Waals surface area (Å²) >= 11 is 2.21. The molecule has 3 heterocycles. The molecule has 236 valence electrons. The molecular weight excluding hydrogens is 695 g/mol. The van der Waals surface area contributed by atoms with Gasteiger partial charge in [0.2, 0.25) is 5.95 Å². The molecule has 0 radical (unpaired) electrons. The molecule has 13 heteroatoms. The van der Waals surface area contributed by atoms with Crippen molar-refractivity contribution in [1.29, 1.82) is 0 Å². The summed E-state index contributed by atoms with van der Waals surface area (Å²) in [6, 6.07) is 8.78. The highest BCUT2D eigenvalue weighted by molar-refractivity contribution is 14.1. The van der Waals surface area contributed by atoms with Crippen LogP contribution in [0.3, 0.4) is 0 Å². The summed E-state index contributed by atoms with van der Waals surface area (Å²) in [6.45, 7) is 2.75. The fourth-order valence-corrected chi connectivity index (χ4v) is 7.00. The Labute approximate surface area is 272 Å². The van der Waals surface area contributed by atoms with E-state index in [1.807, 2.05) is 6.07 Å². The first-order valence-electron chi connectivity index (χ1n) is 15.2. The molecule has 2 aliphatic rings. The number of nitrogens with one attached hydrogen (secondary N) is 3. The Morgan fingerprint density at radius 2 is 1.89 bits per heavy atom. The molecule has 45 heavy (non-hydrogen) atoms. The van der Waals surface area contributed by atoms with Crippen LogP contribution in [-0.2, 0) is 17.9 Å². The van der Waals surface area contributed by atoms with Gasteiger partial charge in [-0.2, -0.15) is 4.98 Å². The number of fused-ring (bicyclic) bond motifs is 1. The van der Waals surface area contributed by atoms with Crippen LogP contribution in [0.15, 0.2) is 42.6 Å². The lowest BCUT2D eigenvalue weighted by atomic mass is 9.84. The Hall–Kier alpha value is -3.72. The molecule has 1 amide bonds. The van der Waals surface area contributed by atoms with Gasteiger partial charge in [-0.1, -0.05) is 18.9 Å². The van der Waals surface area contributed by atoms with Crippen LogP contribution >= 0.6 is 22.6 Å². The van der Waals surface area contributed by atoms with Gasteiger partial charge in [0.15, 0.2) is 17.3 Å². The summed E-state index contributed by atoms with van der Waals surface area (Å²) in [5.41, 5.74) is 3.11. The minimum atomic E-state index is -0.911. The number of carboxylic acid groups (broad SMARTS) is 1. The second-order valence-electron chi connectivity index (χ2n) is 11.8. The first-order valence-corrected chi connectivity index (χ1v) is 16.3. The highest BCUT2D eigenvalue weighted by Crippen LogP contribution is 2.31. The smallest absolute Gasteiger partial charge is 0.308 e. The number of anilines is 1. The van der Waals surface area contributed by atoms with Crippen LogP contribution < -0.4 is 16.0 Å². The Kier molecular flexibility index (Phi) is 9.54. The number of nitrogens with zero attached hydrogens (tertiary/aromatic N) is 4. The van der Waals surface area contributed by atoms with E-state index in [2.05, 4.69) is 48.1 Å². The maximum atomic E-state index is 13.7. The van der Waals surface area contributed by atoms with E-state index in [9.17, 15) is 23.5 Å². The van der Waals surface area contributed by atoms with Crippen LogP contribution in [0.5, 0.6) is 0 Å².